The molecule has 2 aliphatic carbocycles. The van der Waals surface area contributed by atoms with E-state index < -0.39 is 0 Å². The second-order valence-corrected chi connectivity index (χ2v) is 6.90. The number of ether oxygens (including phenoxy) is 1. The van der Waals surface area contributed by atoms with E-state index >= 15 is 0 Å². The number of rotatable bonds is 6. The van der Waals surface area contributed by atoms with Crippen LogP contribution in [-0.4, -0.2) is 11.0 Å². The molecule has 1 saturated carbocycles. The molecule has 21 heavy (non-hydrogen) atoms. The molecule has 1 aromatic carbocycles. The molecule has 0 spiro atoms. The van der Waals surface area contributed by atoms with Gasteiger partial charge in [-0.1, -0.05) is 6.07 Å². The summed E-state index contributed by atoms with van der Waals surface area (Å²) in [6.07, 6.45) is 6.33. The van der Waals surface area contributed by atoms with E-state index in [4.69, 9.17) is 4.74 Å². The number of aryl methyl sites for hydroxylation is 2. The molecule has 1 N–H and O–H groups in total. The highest BCUT2D eigenvalue weighted by atomic mass is 32.1. The largest absolute Gasteiger partial charge is 0.487 e. The van der Waals surface area contributed by atoms with Crippen molar-refractivity contribution in [3.05, 3.63) is 45.4 Å². The van der Waals surface area contributed by atoms with Crippen LogP contribution in [-0.2, 0) is 26.0 Å². The maximum Gasteiger partial charge on any atom is 0.131 e. The molecule has 2 aliphatic rings. The first-order chi connectivity index (χ1) is 10.4. The molecule has 2 aromatic rings. The van der Waals surface area contributed by atoms with E-state index in [0.717, 1.165) is 29.0 Å². The highest BCUT2D eigenvalue weighted by Crippen LogP contribution is 2.26. The summed E-state index contributed by atoms with van der Waals surface area (Å²) in [4.78, 5) is 4.63. The third-order valence-corrected chi connectivity index (χ3v) is 5.07. The van der Waals surface area contributed by atoms with Gasteiger partial charge in [-0.25, -0.2) is 4.98 Å². The summed E-state index contributed by atoms with van der Waals surface area (Å²) in [7, 11) is 0. The molecule has 4 rings (SSSR count). The molecule has 0 atom stereocenters. The normalized spacial score (nSPS) is 17.0. The number of hydrogen-bond acceptors (Lipinski definition) is 4. The molecule has 4 heteroatoms. The standard InChI is InChI=1S/C17H20N2OS/c1-2-12-4-7-16(8-13(12)3-1)20-10-15-11-21-17(19-15)9-18-14-5-6-14/h4,7-8,11,14,18H,1-3,5-6,9-10H2. The van der Waals surface area contributed by atoms with Crippen LogP contribution in [0, 0.1) is 0 Å². The lowest BCUT2D eigenvalue weighted by Crippen LogP contribution is -2.15. The van der Waals surface area contributed by atoms with Crippen LogP contribution >= 0.6 is 11.3 Å². The van der Waals surface area contributed by atoms with Gasteiger partial charge in [-0.2, -0.15) is 0 Å². The number of nitrogens with one attached hydrogen (secondary N) is 1. The fraction of sp³-hybridized carbons (Fsp3) is 0.471. The first-order valence-electron chi connectivity index (χ1n) is 7.78. The summed E-state index contributed by atoms with van der Waals surface area (Å²) in [5, 5.41) is 6.77. The first-order valence-corrected chi connectivity index (χ1v) is 8.66. The SMILES string of the molecule is c1cc2c(cc1OCc1csc(CNC3CC3)n1)CCC2. The van der Waals surface area contributed by atoms with Crippen molar-refractivity contribution in [1.29, 1.82) is 0 Å². The van der Waals surface area contributed by atoms with Crippen molar-refractivity contribution in [2.75, 3.05) is 0 Å². The van der Waals surface area contributed by atoms with Gasteiger partial charge in [0.2, 0.25) is 0 Å². The Morgan fingerprint density at radius 2 is 2.14 bits per heavy atom. The molecular weight excluding hydrogens is 280 g/mol. The van der Waals surface area contributed by atoms with Gasteiger partial charge in [0.1, 0.15) is 17.4 Å². The average molecular weight is 300 g/mol. The van der Waals surface area contributed by atoms with Crippen LogP contribution < -0.4 is 10.1 Å². The molecule has 3 nitrogen and oxygen atoms in total. The fourth-order valence-electron chi connectivity index (χ4n) is 2.81. The Kier molecular flexibility index (Phi) is 3.65. The topological polar surface area (TPSA) is 34.1 Å². The van der Waals surface area contributed by atoms with Crippen molar-refractivity contribution in [3.63, 3.8) is 0 Å². The third-order valence-electron chi connectivity index (χ3n) is 4.18. The Labute approximate surface area is 129 Å². The monoisotopic (exact) mass is 300 g/mol. The van der Waals surface area contributed by atoms with Gasteiger partial charge in [0.05, 0.1) is 5.69 Å². The molecule has 110 valence electrons. The Hall–Kier alpha value is -1.39. The van der Waals surface area contributed by atoms with Gasteiger partial charge >= 0.3 is 0 Å². The van der Waals surface area contributed by atoms with E-state index in [-0.39, 0.29) is 0 Å². The summed E-state index contributed by atoms with van der Waals surface area (Å²) in [5.74, 6) is 0.973. The maximum absolute atomic E-state index is 5.89. The molecule has 0 unspecified atom stereocenters. The minimum Gasteiger partial charge on any atom is -0.487 e. The lowest BCUT2D eigenvalue weighted by molar-refractivity contribution is 0.301. The summed E-state index contributed by atoms with van der Waals surface area (Å²) >= 11 is 1.72. The molecule has 0 aliphatic heterocycles. The smallest absolute Gasteiger partial charge is 0.131 e. The maximum atomic E-state index is 5.89. The Bertz CT molecular complexity index is 633. The zero-order valence-corrected chi connectivity index (χ0v) is 12.9. The van der Waals surface area contributed by atoms with Gasteiger partial charge in [-0.15, -0.1) is 11.3 Å². The zero-order valence-electron chi connectivity index (χ0n) is 12.1. The predicted octanol–water partition coefficient (Wildman–Crippen LogP) is 3.46. The molecule has 0 amide bonds. The van der Waals surface area contributed by atoms with Gasteiger partial charge < -0.3 is 10.1 Å². The fourth-order valence-corrected chi connectivity index (χ4v) is 3.54. The Morgan fingerprint density at radius 3 is 3.05 bits per heavy atom. The zero-order chi connectivity index (χ0) is 14.1. The second kappa shape index (κ2) is 5.78. The van der Waals surface area contributed by atoms with Crippen molar-refractivity contribution in [2.24, 2.45) is 0 Å². The van der Waals surface area contributed by atoms with Gasteiger partial charge in [0.25, 0.3) is 0 Å². The lowest BCUT2D eigenvalue weighted by Gasteiger charge is -2.06. The first kappa shape index (κ1) is 13.3. The second-order valence-electron chi connectivity index (χ2n) is 5.96. The molecular formula is C17H20N2OS. The van der Waals surface area contributed by atoms with Gasteiger partial charge in [0, 0.05) is 18.0 Å². The number of thiazole rings is 1. The number of hydrogen-bond donors (Lipinski definition) is 1. The van der Waals surface area contributed by atoms with Gasteiger partial charge in [-0.3, -0.25) is 0 Å². The quantitative estimate of drug-likeness (QED) is 0.887. The summed E-state index contributed by atoms with van der Waals surface area (Å²) in [5.41, 5.74) is 3.98. The van der Waals surface area contributed by atoms with Crippen molar-refractivity contribution < 1.29 is 4.74 Å². The van der Waals surface area contributed by atoms with Crippen molar-refractivity contribution in [1.82, 2.24) is 10.3 Å². The van der Waals surface area contributed by atoms with Crippen LogP contribution in [0.4, 0.5) is 0 Å². The minimum atomic E-state index is 0.568. The Balaban J connectivity index is 1.33. The number of aromatic nitrogens is 1. The van der Waals surface area contributed by atoms with Crippen LogP contribution in [0.2, 0.25) is 0 Å². The van der Waals surface area contributed by atoms with Crippen LogP contribution in [0.5, 0.6) is 5.75 Å². The molecule has 1 heterocycles. The van der Waals surface area contributed by atoms with E-state index in [1.54, 1.807) is 11.3 Å². The van der Waals surface area contributed by atoms with Crippen LogP contribution in [0.1, 0.15) is 41.1 Å². The molecule has 1 fully saturated rings. The van der Waals surface area contributed by atoms with Crippen molar-refractivity contribution >= 4 is 11.3 Å². The van der Waals surface area contributed by atoms with E-state index in [2.05, 4.69) is 33.9 Å². The predicted molar refractivity (Wildman–Crippen MR) is 84.8 cm³/mol. The number of benzene rings is 1. The van der Waals surface area contributed by atoms with Crippen LogP contribution in [0.15, 0.2) is 23.6 Å². The van der Waals surface area contributed by atoms with Crippen LogP contribution in [0.3, 0.4) is 0 Å². The van der Waals surface area contributed by atoms with Crippen molar-refractivity contribution in [3.8, 4) is 5.75 Å². The van der Waals surface area contributed by atoms with Gasteiger partial charge in [0.15, 0.2) is 0 Å². The minimum absolute atomic E-state index is 0.568. The average Bonchev–Trinajstić information content (AvgIpc) is 3.04. The third kappa shape index (κ3) is 3.27. The number of nitrogens with zero attached hydrogens (tertiary/aromatic N) is 1. The lowest BCUT2D eigenvalue weighted by atomic mass is 10.1. The Morgan fingerprint density at radius 1 is 1.24 bits per heavy atom. The summed E-state index contributed by atoms with van der Waals surface area (Å²) in [6.45, 7) is 1.47. The molecule has 1 aromatic heterocycles. The summed E-state index contributed by atoms with van der Waals surface area (Å²) in [6, 6.07) is 7.24. The van der Waals surface area contributed by atoms with E-state index in [1.165, 1.54) is 43.2 Å². The summed E-state index contributed by atoms with van der Waals surface area (Å²) < 4.78 is 5.89. The molecule has 0 radical (unpaired) electrons. The van der Waals surface area contributed by atoms with E-state index in [0.29, 0.717) is 6.61 Å². The van der Waals surface area contributed by atoms with Crippen molar-refractivity contribution in [2.45, 2.75) is 51.3 Å². The highest BCUT2D eigenvalue weighted by Gasteiger charge is 2.20. The molecule has 0 bridgehead atoms. The van der Waals surface area contributed by atoms with Crippen LogP contribution in [0.25, 0.3) is 0 Å². The van der Waals surface area contributed by atoms with E-state index in [9.17, 15) is 0 Å². The van der Waals surface area contributed by atoms with E-state index in [1.807, 2.05) is 0 Å². The highest BCUT2D eigenvalue weighted by molar-refractivity contribution is 7.09. The molecule has 0 saturated heterocycles. The number of fused-ring (bicyclic) bond motifs is 1. The van der Waals surface area contributed by atoms with Gasteiger partial charge in [-0.05, 0) is 55.4 Å².